The summed E-state index contributed by atoms with van der Waals surface area (Å²) in [6, 6.07) is 159. The van der Waals surface area contributed by atoms with Gasteiger partial charge >= 0.3 is 0 Å². The third-order valence-corrected chi connectivity index (χ3v) is 28.7. The van der Waals surface area contributed by atoms with Crippen LogP contribution in [0.1, 0.15) is 25.0 Å². The molecule has 6 heterocycles. The molecular weight excluding hydrogens is 1610 g/mol. The molecule has 618 valence electrons. The Kier molecular flexibility index (Phi) is 16.1. The van der Waals surface area contributed by atoms with Crippen LogP contribution < -0.4 is 0 Å². The van der Waals surface area contributed by atoms with Crippen LogP contribution in [0.15, 0.2) is 437 Å². The first-order valence-electron chi connectivity index (χ1n) is 45.8. The molecule has 0 spiro atoms. The van der Waals surface area contributed by atoms with Gasteiger partial charge in [-0.2, -0.15) is 0 Å². The van der Waals surface area contributed by atoms with E-state index < -0.39 is 0 Å². The Morgan fingerprint density at radius 3 is 1.18 bits per heavy atom. The molecule has 1 aliphatic carbocycles. The van der Waals surface area contributed by atoms with Crippen LogP contribution in [0, 0.1) is 0 Å². The van der Waals surface area contributed by atoms with E-state index >= 15 is 0 Å². The van der Waals surface area contributed by atoms with Gasteiger partial charge in [0.2, 0.25) is 0 Å². The number of hydrogen-bond acceptors (Lipinski definition) is 4. The predicted molar refractivity (Wildman–Crippen MR) is 558 cm³/mol. The van der Waals surface area contributed by atoms with Crippen molar-refractivity contribution < 1.29 is 0 Å². The number of fused-ring (bicyclic) bond motifs is 27. The maximum atomic E-state index is 5.49. The second-order valence-electron chi connectivity index (χ2n) is 36.3. The van der Waals surface area contributed by atoms with Crippen molar-refractivity contribution in [2.24, 2.45) is 0 Å². The lowest BCUT2D eigenvalue weighted by atomic mass is 9.82. The van der Waals surface area contributed by atoms with Crippen molar-refractivity contribution >= 4 is 184 Å². The minimum atomic E-state index is -0.126. The fourth-order valence-corrected chi connectivity index (χ4v) is 22.5. The summed E-state index contributed by atoms with van der Waals surface area (Å²) in [5.41, 5.74) is 27.1. The quantitative estimate of drug-likeness (QED) is 0.142. The van der Waals surface area contributed by atoms with Crippen LogP contribution in [0.4, 0.5) is 0 Å². The summed E-state index contributed by atoms with van der Waals surface area (Å²) in [5, 5.41) is 29.2. The Morgan fingerprint density at radius 1 is 0.188 bits per heavy atom. The van der Waals surface area contributed by atoms with Gasteiger partial charge in [-0.1, -0.05) is 323 Å². The highest BCUT2D eigenvalue weighted by Crippen LogP contribution is 2.51. The average Bonchev–Trinajstić information content (AvgIpc) is 1.62. The normalized spacial score (nSPS) is 12.6. The Hall–Kier alpha value is -17.5. The van der Waals surface area contributed by atoms with E-state index in [2.05, 4.69) is 469 Å². The molecule has 8 heteroatoms. The van der Waals surface area contributed by atoms with E-state index in [-0.39, 0.29) is 5.41 Å². The lowest BCUT2D eigenvalue weighted by Gasteiger charge is -2.22. The summed E-state index contributed by atoms with van der Waals surface area (Å²) in [4.78, 5) is 21.1. The molecule has 0 bridgehead atoms. The first-order chi connectivity index (χ1) is 65.7. The molecule has 29 rings (SSSR count). The van der Waals surface area contributed by atoms with Crippen LogP contribution in [0.3, 0.4) is 0 Å². The molecule has 8 nitrogen and oxygen atoms in total. The Morgan fingerprint density at radius 2 is 0.579 bits per heavy atom. The van der Waals surface area contributed by atoms with E-state index in [1.54, 1.807) is 0 Å². The molecule has 0 atom stereocenters. The highest BCUT2D eigenvalue weighted by Gasteiger charge is 2.36. The summed E-state index contributed by atoms with van der Waals surface area (Å²) >= 11 is 0. The molecule has 6 aromatic heterocycles. The minimum absolute atomic E-state index is 0.126. The summed E-state index contributed by atoms with van der Waals surface area (Å²) < 4.78 is 9.74. The van der Waals surface area contributed by atoms with Crippen LogP contribution in [0.5, 0.6) is 0 Å². The van der Waals surface area contributed by atoms with Crippen LogP contribution in [-0.2, 0) is 5.41 Å². The molecule has 0 aliphatic heterocycles. The van der Waals surface area contributed by atoms with E-state index in [0.717, 1.165) is 101 Å². The van der Waals surface area contributed by atoms with Gasteiger partial charge in [-0.25, -0.2) is 19.9 Å². The first-order valence-corrected chi connectivity index (χ1v) is 45.8. The van der Waals surface area contributed by atoms with E-state index in [1.807, 2.05) is 0 Å². The van der Waals surface area contributed by atoms with Crippen LogP contribution in [0.2, 0.25) is 0 Å². The largest absolute Gasteiger partial charge is 0.309 e. The molecule has 0 unspecified atom stereocenters. The smallest absolute Gasteiger partial charge is 0.160 e. The molecule has 0 saturated carbocycles. The summed E-state index contributed by atoms with van der Waals surface area (Å²) in [7, 11) is 0. The second kappa shape index (κ2) is 28.8. The lowest BCUT2D eigenvalue weighted by molar-refractivity contribution is 0.660. The zero-order chi connectivity index (χ0) is 87.4. The van der Waals surface area contributed by atoms with Gasteiger partial charge in [-0.05, 0) is 220 Å². The van der Waals surface area contributed by atoms with Crippen molar-refractivity contribution in [2.45, 2.75) is 19.3 Å². The first kappa shape index (κ1) is 74.6. The molecule has 22 aromatic carbocycles. The predicted octanol–water partition coefficient (Wildman–Crippen LogP) is 32.7. The van der Waals surface area contributed by atoms with Crippen molar-refractivity contribution in [3.63, 3.8) is 0 Å². The van der Waals surface area contributed by atoms with Gasteiger partial charge in [0.25, 0.3) is 0 Å². The van der Waals surface area contributed by atoms with Gasteiger partial charge in [-0.15, -0.1) is 0 Å². The summed E-state index contributed by atoms with van der Waals surface area (Å²) in [6.45, 7) is 4.65. The fraction of sp³-hybridized carbons (Fsp3) is 0.0240. The minimum Gasteiger partial charge on any atom is -0.309 e. The molecule has 0 N–H and O–H groups in total. The highest BCUT2D eigenvalue weighted by atomic mass is 15.0. The maximum absolute atomic E-state index is 5.49. The molecule has 1 aliphatic rings. The summed E-state index contributed by atoms with van der Waals surface area (Å²) in [5.74, 6) is 1.45. The number of para-hydroxylation sites is 6. The molecular formula is C125H78N8. The second-order valence-corrected chi connectivity index (χ2v) is 36.3. The van der Waals surface area contributed by atoms with Crippen molar-refractivity contribution in [2.75, 3.05) is 0 Å². The number of benzene rings is 22. The van der Waals surface area contributed by atoms with Crippen molar-refractivity contribution in [3.05, 3.63) is 448 Å². The monoisotopic (exact) mass is 1690 g/mol. The maximum Gasteiger partial charge on any atom is 0.160 e. The van der Waals surface area contributed by atoms with E-state index in [9.17, 15) is 0 Å². The number of hydrogen-bond donors (Lipinski definition) is 0. The Balaban J connectivity index is 0.000000133. The summed E-state index contributed by atoms with van der Waals surface area (Å²) in [6.07, 6.45) is 0. The number of aromatic nitrogens is 8. The molecule has 0 fully saturated rings. The number of rotatable bonds is 8. The topological polar surface area (TPSA) is 71.3 Å². The van der Waals surface area contributed by atoms with E-state index in [0.29, 0.717) is 0 Å². The molecule has 0 radical (unpaired) electrons. The van der Waals surface area contributed by atoms with Crippen LogP contribution >= 0.6 is 0 Å². The Labute approximate surface area is 763 Å². The lowest BCUT2D eigenvalue weighted by Crippen LogP contribution is -2.15. The van der Waals surface area contributed by atoms with Gasteiger partial charge in [-0.3, -0.25) is 0 Å². The van der Waals surface area contributed by atoms with Gasteiger partial charge in [0.15, 0.2) is 11.6 Å². The Bertz CT molecular complexity index is 9910. The molecule has 0 amide bonds. The van der Waals surface area contributed by atoms with E-state index in [4.69, 9.17) is 19.9 Å². The highest BCUT2D eigenvalue weighted by molar-refractivity contribution is 6.24. The zero-order valence-electron chi connectivity index (χ0n) is 72.6. The molecule has 133 heavy (non-hydrogen) atoms. The third kappa shape index (κ3) is 11.3. The van der Waals surface area contributed by atoms with Gasteiger partial charge in [0.1, 0.15) is 0 Å². The van der Waals surface area contributed by atoms with Crippen molar-refractivity contribution in [1.82, 2.24) is 38.2 Å². The van der Waals surface area contributed by atoms with Crippen LogP contribution in [0.25, 0.3) is 264 Å². The van der Waals surface area contributed by atoms with Crippen molar-refractivity contribution in [3.8, 4) is 79.2 Å². The molecule has 0 saturated heterocycles. The fourth-order valence-electron chi connectivity index (χ4n) is 22.5. The standard InChI is InChI=1S/C65H42N4.C60H36N4/c1-65(2)54-23-11-7-18-46(54)47-31-28-41(37-55(47)65)64-66-56-24-12-8-21-51(56)63(67-64)50-32-34-59(48-19-6-5-17-45(48)50)69-57-25-13-9-20-49(57)53-36-42-35-43(30-27-40(42)38-61(53)69)68-58-26-14-10-22-52(58)62-44-16-4-3-15-39(44)29-33-60(62)68;1-3-13-46-37(11-1)21-22-39-23-24-42(34-51(39)46)60-61-53-18-8-5-16-49(53)59(62-60)40-25-29-44(30-26-40)63-54-19-9-6-15-48(54)52-35-43-33-45(31-27-41(43)36-57(52)63)64-55-20-10-7-17-50(55)58-47-14-4-2-12-38(47)28-32-56(58)64/h3-38H,1-2H3;1-36H. The van der Waals surface area contributed by atoms with E-state index in [1.165, 1.54) is 174 Å². The zero-order valence-corrected chi connectivity index (χ0v) is 72.6. The van der Waals surface area contributed by atoms with Gasteiger partial charge in [0, 0.05) is 104 Å². The van der Waals surface area contributed by atoms with Crippen molar-refractivity contribution in [1.29, 1.82) is 0 Å². The van der Waals surface area contributed by atoms with Crippen LogP contribution in [-0.4, -0.2) is 38.2 Å². The average molecular weight is 1690 g/mol. The van der Waals surface area contributed by atoms with Gasteiger partial charge < -0.3 is 18.3 Å². The molecule has 28 aromatic rings. The number of nitrogens with zero attached hydrogens (tertiary/aromatic N) is 8. The SMILES string of the molecule is CC1(C)c2ccccc2-c2ccc(-c3nc(-c4ccc(-n5c6ccccc6c6cc7cc(-n8c9ccccc9c9c%10ccccc%10ccc98)ccc7cc65)c5ccccc45)c4ccccc4n3)cc21.c1ccc2c(c1)ccc1ccc(-c3nc(-c4ccc(-n5c6ccccc6c6cc7cc(-n8c9ccccc9c9c%10ccccc%10ccc98)ccc7cc65)cc4)c4ccccc4n3)cc12. The van der Waals surface area contributed by atoms with Gasteiger partial charge in [0.05, 0.1) is 72.2 Å². The third-order valence-electron chi connectivity index (χ3n) is 28.7.